The van der Waals surface area contributed by atoms with Crippen LogP contribution in [0.25, 0.3) is 0 Å². The average Bonchev–Trinajstić information content (AvgIpc) is 3.29. The van der Waals surface area contributed by atoms with Crippen LogP contribution in [0.2, 0.25) is 0 Å². The van der Waals surface area contributed by atoms with Crippen molar-refractivity contribution in [2.45, 2.75) is 23.4 Å². The highest BCUT2D eigenvalue weighted by Gasteiger charge is 2.23. The summed E-state index contributed by atoms with van der Waals surface area (Å²) < 4.78 is 1.85. The lowest BCUT2D eigenvalue weighted by molar-refractivity contribution is -0.116. The fourth-order valence-corrected chi connectivity index (χ4v) is 3.91. The Labute approximate surface area is 166 Å². The topological polar surface area (TPSA) is 80.1 Å². The van der Waals surface area contributed by atoms with Crippen molar-refractivity contribution in [3.63, 3.8) is 0 Å². The number of hydrogen-bond acceptors (Lipinski definition) is 5. The highest BCUT2D eigenvalue weighted by Crippen LogP contribution is 2.30. The monoisotopic (exact) mass is 393 g/mol. The second-order valence-corrected chi connectivity index (χ2v) is 7.61. The maximum Gasteiger partial charge on any atom is 0.255 e. The van der Waals surface area contributed by atoms with E-state index in [0.29, 0.717) is 12.1 Å². The second-order valence-electron chi connectivity index (χ2n) is 6.57. The van der Waals surface area contributed by atoms with Crippen LogP contribution in [-0.2, 0) is 18.3 Å². The Morgan fingerprint density at radius 1 is 1.14 bits per heavy atom. The van der Waals surface area contributed by atoms with E-state index in [1.54, 1.807) is 24.2 Å². The first-order chi connectivity index (χ1) is 13.5. The summed E-state index contributed by atoms with van der Waals surface area (Å²) in [6.45, 7) is 2.22. The molecule has 1 aliphatic rings. The van der Waals surface area contributed by atoms with Gasteiger partial charge in [0.2, 0.25) is 5.91 Å². The molecule has 0 aliphatic carbocycles. The minimum Gasteiger partial charge on any atom is -0.322 e. The fraction of sp³-hybridized carbons (Fsp3) is 0.200. The lowest BCUT2D eigenvalue weighted by Gasteiger charge is -2.14. The van der Waals surface area contributed by atoms with Gasteiger partial charge in [-0.25, -0.2) is 0 Å². The van der Waals surface area contributed by atoms with Crippen molar-refractivity contribution in [2.24, 2.45) is 7.05 Å². The number of fused-ring (bicyclic) bond motifs is 1. The zero-order chi connectivity index (χ0) is 19.7. The SMILES string of the molecule is CC(=O)N1CCc2cc(C(=O)Nc3ccc(Sc4nncn4C)cc3)ccc21. The molecule has 8 heteroatoms. The first-order valence-corrected chi connectivity index (χ1v) is 9.67. The first-order valence-electron chi connectivity index (χ1n) is 8.85. The van der Waals surface area contributed by atoms with Gasteiger partial charge in [-0.05, 0) is 66.2 Å². The molecule has 0 saturated carbocycles. The van der Waals surface area contributed by atoms with Gasteiger partial charge in [-0.2, -0.15) is 0 Å². The number of carbonyl (C=O) groups excluding carboxylic acids is 2. The third-order valence-electron chi connectivity index (χ3n) is 4.61. The number of nitrogens with one attached hydrogen (secondary N) is 1. The van der Waals surface area contributed by atoms with Crippen LogP contribution < -0.4 is 10.2 Å². The first kappa shape index (κ1) is 18.2. The molecule has 0 spiro atoms. The molecule has 0 unspecified atom stereocenters. The van der Waals surface area contributed by atoms with E-state index in [2.05, 4.69) is 15.5 Å². The molecule has 2 amide bonds. The number of rotatable bonds is 4. The lowest BCUT2D eigenvalue weighted by atomic mass is 10.1. The average molecular weight is 393 g/mol. The molecule has 0 atom stereocenters. The summed E-state index contributed by atoms with van der Waals surface area (Å²) in [6, 6.07) is 13.1. The van der Waals surface area contributed by atoms with E-state index in [0.717, 1.165) is 33.4 Å². The van der Waals surface area contributed by atoms with Gasteiger partial charge in [0.05, 0.1) is 0 Å². The van der Waals surface area contributed by atoms with Crippen LogP contribution in [0.3, 0.4) is 0 Å². The maximum absolute atomic E-state index is 12.6. The van der Waals surface area contributed by atoms with Crippen molar-refractivity contribution in [3.8, 4) is 0 Å². The Morgan fingerprint density at radius 2 is 1.93 bits per heavy atom. The molecule has 1 aliphatic heterocycles. The van der Waals surface area contributed by atoms with Gasteiger partial charge in [0, 0.05) is 42.3 Å². The Morgan fingerprint density at radius 3 is 2.61 bits per heavy atom. The van der Waals surface area contributed by atoms with Crippen LogP contribution in [0.4, 0.5) is 11.4 Å². The van der Waals surface area contributed by atoms with E-state index in [9.17, 15) is 9.59 Å². The molecule has 0 fully saturated rings. The van der Waals surface area contributed by atoms with E-state index >= 15 is 0 Å². The molecule has 142 valence electrons. The number of amides is 2. The van der Waals surface area contributed by atoms with Crippen molar-refractivity contribution in [2.75, 3.05) is 16.8 Å². The summed E-state index contributed by atoms with van der Waals surface area (Å²) in [4.78, 5) is 27.0. The van der Waals surface area contributed by atoms with E-state index in [4.69, 9.17) is 0 Å². The molecule has 0 saturated heterocycles. The van der Waals surface area contributed by atoms with Crippen molar-refractivity contribution < 1.29 is 9.59 Å². The summed E-state index contributed by atoms with van der Waals surface area (Å²) in [5, 5.41) is 11.6. The zero-order valence-corrected chi connectivity index (χ0v) is 16.4. The third kappa shape index (κ3) is 3.63. The van der Waals surface area contributed by atoms with Crippen molar-refractivity contribution in [1.29, 1.82) is 0 Å². The van der Waals surface area contributed by atoms with Gasteiger partial charge >= 0.3 is 0 Å². The van der Waals surface area contributed by atoms with Gasteiger partial charge in [0.1, 0.15) is 6.33 Å². The van der Waals surface area contributed by atoms with Crippen molar-refractivity contribution >= 4 is 35.0 Å². The number of hydrogen-bond donors (Lipinski definition) is 1. The molecule has 0 radical (unpaired) electrons. The van der Waals surface area contributed by atoms with Gasteiger partial charge in [-0.1, -0.05) is 0 Å². The van der Waals surface area contributed by atoms with Gasteiger partial charge in [-0.3, -0.25) is 9.59 Å². The molecule has 0 bridgehead atoms. The summed E-state index contributed by atoms with van der Waals surface area (Å²) >= 11 is 1.51. The predicted octanol–water partition coefficient (Wildman–Crippen LogP) is 3.13. The Balaban J connectivity index is 1.44. The Hall–Kier alpha value is -3.13. The lowest BCUT2D eigenvalue weighted by Crippen LogP contribution is -2.25. The Kier molecular flexibility index (Phi) is 4.87. The number of aromatic nitrogens is 3. The highest BCUT2D eigenvalue weighted by molar-refractivity contribution is 7.99. The van der Waals surface area contributed by atoms with Crippen molar-refractivity contribution in [1.82, 2.24) is 14.8 Å². The molecule has 1 N–H and O–H groups in total. The molecule has 4 rings (SSSR count). The normalized spacial score (nSPS) is 12.7. The van der Waals surface area contributed by atoms with E-state index < -0.39 is 0 Å². The Bertz CT molecular complexity index is 1050. The van der Waals surface area contributed by atoms with Gasteiger partial charge in [-0.15, -0.1) is 10.2 Å². The van der Waals surface area contributed by atoms with Crippen LogP contribution in [0.5, 0.6) is 0 Å². The second kappa shape index (κ2) is 7.47. The van der Waals surface area contributed by atoms with E-state index in [1.165, 1.54) is 11.8 Å². The summed E-state index contributed by atoms with van der Waals surface area (Å²) in [7, 11) is 1.89. The largest absolute Gasteiger partial charge is 0.322 e. The van der Waals surface area contributed by atoms with Gasteiger partial charge in [0.15, 0.2) is 5.16 Å². The smallest absolute Gasteiger partial charge is 0.255 e. The molecule has 28 heavy (non-hydrogen) atoms. The minimum absolute atomic E-state index is 0.0234. The minimum atomic E-state index is -0.169. The van der Waals surface area contributed by atoms with Crippen molar-refractivity contribution in [3.05, 3.63) is 59.9 Å². The number of aryl methyl sites for hydroxylation is 1. The van der Waals surface area contributed by atoms with E-state index in [1.807, 2.05) is 48.0 Å². The summed E-state index contributed by atoms with van der Waals surface area (Å²) in [6.07, 6.45) is 2.42. The van der Waals surface area contributed by atoms with Crippen LogP contribution in [-0.4, -0.2) is 33.1 Å². The molecule has 3 aromatic rings. The van der Waals surface area contributed by atoms with Crippen LogP contribution in [0.15, 0.2) is 58.8 Å². The number of anilines is 2. The van der Waals surface area contributed by atoms with Gasteiger partial charge < -0.3 is 14.8 Å². The molecular weight excluding hydrogens is 374 g/mol. The molecule has 2 aromatic carbocycles. The third-order valence-corrected chi connectivity index (χ3v) is 5.67. The maximum atomic E-state index is 12.6. The fourth-order valence-electron chi connectivity index (χ4n) is 3.15. The summed E-state index contributed by atoms with van der Waals surface area (Å²) in [5.41, 5.74) is 3.23. The molecular formula is C20H19N5O2S. The molecule has 1 aromatic heterocycles. The number of nitrogens with zero attached hydrogens (tertiary/aromatic N) is 4. The number of benzene rings is 2. The van der Waals surface area contributed by atoms with Crippen LogP contribution >= 0.6 is 11.8 Å². The number of carbonyl (C=O) groups is 2. The van der Waals surface area contributed by atoms with Crippen LogP contribution in [0, 0.1) is 0 Å². The van der Waals surface area contributed by atoms with Gasteiger partial charge in [0.25, 0.3) is 5.91 Å². The summed E-state index contributed by atoms with van der Waals surface area (Å²) in [5.74, 6) is -0.145. The highest BCUT2D eigenvalue weighted by atomic mass is 32.2. The molecule has 2 heterocycles. The predicted molar refractivity (Wildman–Crippen MR) is 108 cm³/mol. The quantitative estimate of drug-likeness (QED) is 0.737. The standard InChI is InChI=1S/C20H19N5O2S/c1-13(26)25-10-9-14-11-15(3-8-18(14)25)19(27)22-16-4-6-17(7-5-16)28-20-23-21-12-24(20)2/h3-8,11-12H,9-10H2,1-2H3,(H,22,27). The van der Waals surface area contributed by atoms with Crippen LogP contribution in [0.1, 0.15) is 22.8 Å². The molecule has 7 nitrogen and oxygen atoms in total. The van der Waals surface area contributed by atoms with E-state index in [-0.39, 0.29) is 11.8 Å². The zero-order valence-electron chi connectivity index (χ0n) is 15.5.